The highest BCUT2D eigenvalue weighted by Crippen LogP contribution is 2.45. The maximum atomic E-state index is 13.4. The molecule has 0 unspecified atom stereocenters. The van der Waals surface area contributed by atoms with Crippen molar-refractivity contribution in [2.24, 2.45) is 0 Å². The number of aliphatic hydroxyl groups is 1. The predicted octanol–water partition coefficient (Wildman–Crippen LogP) is 4.47. The van der Waals surface area contributed by atoms with Crippen LogP contribution in [0, 0.1) is 0 Å². The largest absolute Gasteiger partial charge is 0.496 e. The summed E-state index contributed by atoms with van der Waals surface area (Å²) in [6.45, 7) is 0.305. The standard InChI is InChI=1S/C24H20BrNO4/c1-30-22-10-6-5-9-18(22)21(27)14-24(29)19-13-17(25)11-12-20(19)26(23(24)28)15-16-7-3-2-4-8-16/h2-13,29H,14-15H2,1H3/t24-/m1/s1. The fourth-order valence-electron chi connectivity index (χ4n) is 3.82. The highest BCUT2D eigenvalue weighted by molar-refractivity contribution is 9.10. The number of para-hydroxylation sites is 1. The lowest BCUT2D eigenvalue weighted by molar-refractivity contribution is -0.136. The van der Waals surface area contributed by atoms with Crippen LogP contribution < -0.4 is 9.64 Å². The van der Waals surface area contributed by atoms with Gasteiger partial charge in [-0.1, -0.05) is 58.4 Å². The predicted molar refractivity (Wildman–Crippen MR) is 118 cm³/mol. The molecule has 152 valence electrons. The Morgan fingerprint density at radius 1 is 1.07 bits per heavy atom. The molecule has 0 spiro atoms. The lowest BCUT2D eigenvalue weighted by atomic mass is 9.88. The van der Waals surface area contributed by atoms with E-state index >= 15 is 0 Å². The lowest BCUT2D eigenvalue weighted by Crippen LogP contribution is -2.41. The van der Waals surface area contributed by atoms with Gasteiger partial charge in [-0.25, -0.2) is 0 Å². The van der Waals surface area contributed by atoms with Crippen molar-refractivity contribution in [1.82, 2.24) is 0 Å². The first-order valence-electron chi connectivity index (χ1n) is 9.48. The van der Waals surface area contributed by atoms with E-state index < -0.39 is 11.5 Å². The number of methoxy groups -OCH3 is 1. The average molecular weight is 466 g/mol. The van der Waals surface area contributed by atoms with Gasteiger partial charge in [0.25, 0.3) is 5.91 Å². The Labute approximate surface area is 183 Å². The zero-order valence-corrected chi connectivity index (χ0v) is 17.9. The molecule has 1 N–H and O–H groups in total. The molecule has 1 aliphatic rings. The van der Waals surface area contributed by atoms with Crippen molar-refractivity contribution < 1.29 is 19.4 Å². The number of Topliss-reactive ketones (excluding diaryl/α,β-unsaturated/α-hetero) is 1. The number of anilines is 1. The average Bonchev–Trinajstić information content (AvgIpc) is 2.95. The molecule has 1 amide bonds. The number of ether oxygens (including phenoxy) is 1. The van der Waals surface area contributed by atoms with E-state index in [1.165, 1.54) is 12.0 Å². The van der Waals surface area contributed by atoms with Crippen LogP contribution in [0.3, 0.4) is 0 Å². The van der Waals surface area contributed by atoms with Gasteiger partial charge in [-0.2, -0.15) is 0 Å². The van der Waals surface area contributed by atoms with Gasteiger partial charge in [0, 0.05) is 10.0 Å². The van der Waals surface area contributed by atoms with Gasteiger partial charge >= 0.3 is 0 Å². The second-order valence-electron chi connectivity index (χ2n) is 7.20. The van der Waals surface area contributed by atoms with E-state index in [4.69, 9.17) is 4.74 Å². The van der Waals surface area contributed by atoms with Crippen molar-refractivity contribution in [2.75, 3.05) is 12.0 Å². The molecule has 30 heavy (non-hydrogen) atoms. The number of carbonyl (C=O) groups is 2. The van der Waals surface area contributed by atoms with Crippen LogP contribution in [-0.4, -0.2) is 23.9 Å². The summed E-state index contributed by atoms with van der Waals surface area (Å²) in [7, 11) is 1.48. The van der Waals surface area contributed by atoms with Crippen LogP contribution in [0.15, 0.2) is 77.3 Å². The summed E-state index contributed by atoms with van der Waals surface area (Å²) in [6, 6.07) is 21.6. The van der Waals surface area contributed by atoms with E-state index in [2.05, 4.69) is 15.9 Å². The molecule has 0 saturated heterocycles. The van der Waals surface area contributed by atoms with Gasteiger partial charge in [-0.3, -0.25) is 9.59 Å². The molecule has 0 radical (unpaired) electrons. The number of amides is 1. The van der Waals surface area contributed by atoms with Crippen LogP contribution in [0.25, 0.3) is 0 Å². The first-order chi connectivity index (χ1) is 14.4. The van der Waals surface area contributed by atoms with Crippen molar-refractivity contribution in [3.05, 3.63) is 94.0 Å². The first kappa shape index (κ1) is 20.3. The van der Waals surface area contributed by atoms with E-state index in [0.717, 1.165) is 10.0 Å². The second kappa shape index (κ2) is 8.05. The molecule has 0 aliphatic carbocycles. The molecule has 5 nitrogen and oxygen atoms in total. The Hall–Kier alpha value is -2.96. The van der Waals surface area contributed by atoms with Crippen LogP contribution >= 0.6 is 15.9 Å². The molecule has 1 aliphatic heterocycles. The highest BCUT2D eigenvalue weighted by atomic mass is 79.9. The Morgan fingerprint density at radius 2 is 1.77 bits per heavy atom. The fourth-order valence-corrected chi connectivity index (χ4v) is 4.18. The van der Waals surface area contributed by atoms with Gasteiger partial charge in [-0.05, 0) is 35.9 Å². The molecule has 3 aromatic carbocycles. The van der Waals surface area contributed by atoms with Crippen LogP contribution in [0.4, 0.5) is 5.69 Å². The van der Waals surface area contributed by atoms with E-state index in [0.29, 0.717) is 29.1 Å². The zero-order valence-electron chi connectivity index (χ0n) is 16.3. The third kappa shape index (κ3) is 3.53. The fraction of sp³-hybridized carbons (Fsp3) is 0.167. The Kier molecular flexibility index (Phi) is 5.45. The van der Waals surface area contributed by atoms with Crippen molar-refractivity contribution in [1.29, 1.82) is 0 Å². The summed E-state index contributed by atoms with van der Waals surface area (Å²) >= 11 is 3.41. The van der Waals surface area contributed by atoms with Crippen LogP contribution in [-0.2, 0) is 16.9 Å². The van der Waals surface area contributed by atoms with Gasteiger partial charge in [0.15, 0.2) is 11.4 Å². The van der Waals surface area contributed by atoms with E-state index in [-0.39, 0.29) is 12.2 Å². The lowest BCUT2D eigenvalue weighted by Gasteiger charge is -2.23. The Bertz CT molecular complexity index is 1120. The molecule has 3 aromatic rings. The molecule has 1 heterocycles. The number of ketones is 1. The third-order valence-electron chi connectivity index (χ3n) is 5.30. The van der Waals surface area contributed by atoms with Gasteiger partial charge in [0.1, 0.15) is 5.75 Å². The molecule has 0 saturated carbocycles. The number of carbonyl (C=O) groups excluding carboxylic acids is 2. The molecular formula is C24H20BrNO4. The van der Waals surface area contributed by atoms with Crippen molar-refractivity contribution >= 4 is 33.3 Å². The van der Waals surface area contributed by atoms with E-state index in [9.17, 15) is 14.7 Å². The quantitative estimate of drug-likeness (QED) is 0.545. The van der Waals surface area contributed by atoms with Crippen LogP contribution in [0.2, 0.25) is 0 Å². The van der Waals surface area contributed by atoms with Gasteiger partial charge < -0.3 is 14.7 Å². The van der Waals surface area contributed by atoms with Crippen molar-refractivity contribution in [3.63, 3.8) is 0 Å². The summed E-state index contributed by atoms with van der Waals surface area (Å²) in [5.74, 6) is -0.467. The summed E-state index contributed by atoms with van der Waals surface area (Å²) in [6.07, 6.45) is -0.374. The number of hydrogen-bond acceptors (Lipinski definition) is 4. The Balaban J connectivity index is 1.73. The SMILES string of the molecule is COc1ccccc1C(=O)C[C@]1(O)C(=O)N(Cc2ccccc2)c2ccc(Br)cc21. The summed E-state index contributed by atoms with van der Waals surface area (Å²) in [5.41, 5.74) is 0.328. The normalized spacial score (nSPS) is 17.7. The minimum atomic E-state index is -1.95. The maximum Gasteiger partial charge on any atom is 0.264 e. The van der Waals surface area contributed by atoms with Gasteiger partial charge in [-0.15, -0.1) is 0 Å². The first-order valence-corrected chi connectivity index (χ1v) is 10.3. The van der Waals surface area contributed by atoms with Crippen LogP contribution in [0.1, 0.15) is 27.9 Å². The summed E-state index contributed by atoms with van der Waals surface area (Å²) in [5, 5.41) is 11.5. The number of benzene rings is 3. The molecular weight excluding hydrogens is 446 g/mol. The van der Waals surface area contributed by atoms with Gasteiger partial charge in [0.2, 0.25) is 0 Å². The number of nitrogens with zero attached hydrogens (tertiary/aromatic N) is 1. The molecule has 4 rings (SSSR count). The topological polar surface area (TPSA) is 66.8 Å². The Morgan fingerprint density at radius 3 is 2.50 bits per heavy atom. The summed E-state index contributed by atoms with van der Waals surface area (Å²) < 4.78 is 6.00. The number of hydrogen-bond donors (Lipinski definition) is 1. The molecule has 0 bridgehead atoms. The monoisotopic (exact) mass is 465 g/mol. The zero-order chi connectivity index (χ0) is 21.3. The van der Waals surface area contributed by atoms with E-state index in [1.54, 1.807) is 36.4 Å². The van der Waals surface area contributed by atoms with Gasteiger partial charge in [0.05, 0.1) is 31.3 Å². The second-order valence-corrected chi connectivity index (χ2v) is 8.11. The number of fused-ring (bicyclic) bond motifs is 1. The molecule has 6 heteroatoms. The molecule has 0 fully saturated rings. The van der Waals surface area contributed by atoms with Crippen molar-refractivity contribution in [3.8, 4) is 5.75 Å². The van der Waals surface area contributed by atoms with Crippen molar-refractivity contribution in [2.45, 2.75) is 18.6 Å². The smallest absolute Gasteiger partial charge is 0.264 e. The minimum absolute atomic E-state index is 0.305. The third-order valence-corrected chi connectivity index (χ3v) is 5.79. The molecule has 0 aromatic heterocycles. The minimum Gasteiger partial charge on any atom is -0.496 e. The highest BCUT2D eigenvalue weighted by Gasteiger charge is 2.51. The summed E-state index contributed by atoms with van der Waals surface area (Å²) in [4.78, 5) is 28.0. The number of rotatable bonds is 6. The van der Waals surface area contributed by atoms with Crippen LogP contribution in [0.5, 0.6) is 5.75 Å². The maximum absolute atomic E-state index is 13.4. The number of halogens is 1. The van der Waals surface area contributed by atoms with E-state index in [1.807, 2.05) is 36.4 Å². The molecule has 1 atom stereocenters.